The van der Waals surface area contributed by atoms with Crippen LogP contribution in [0.1, 0.15) is 54.8 Å². The second-order valence-corrected chi connectivity index (χ2v) is 10.1. The fourth-order valence-electron chi connectivity index (χ4n) is 5.09. The molecule has 0 spiro atoms. The van der Waals surface area contributed by atoms with Gasteiger partial charge in [-0.05, 0) is 87.2 Å². The van der Waals surface area contributed by atoms with Gasteiger partial charge in [-0.2, -0.15) is 9.78 Å². The van der Waals surface area contributed by atoms with Gasteiger partial charge in [-0.15, -0.1) is 0 Å². The number of rotatable bonds is 7. The Morgan fingerprint density at radius 2 is 1.69 bits per heavy atom. The lowest BCUT2D eigenvalue weighted by molar-refractivity contribution is 0.335. The van der Waals surface area contributed by atoms with Crippen LogP contribution in [0.15, 0.2) is 82.7 Å². The summed E-state index contributed by atoms with van der Waals surface area (Å²) in [6, 6.07) is 23.9. The van der Waals surface area contributed by atoms with E-state index in [4.69, 9.17) is 14.8 Å². The van der Waals surface area contributed by atoms with E-state index in [1.54, 1.807) is 12.3 Å². The van der Waals surface area contributed by atoms with Crippen LogP contribution in [-0.4, -0.2) is 27.0 Å². The molecular formula is C33H34N4O2. The highest BCUT2D eigenvalue weighted by Crippen LogP contribution is 2.34. The lowest BCUT2D eigenvalue weighted by atomic mass is 9.96. The summed E-state index contributed by atoms with van der Waals surface area (Å²) < 4.78 is 9.57. The van der Waals surface area contributed by atoms with Crippen LogP contribution in [0.4, 0.5) is 0 Å². The van der Waals surface area contributed by atoms with Gasteiger partial charge in [0.25, 0.3) is 5.56 Å². The fraction of sp³-hybridized carbons (Fsp3) is 0.242. The van der Waals surface area contributed by atoms with Gasteiger partial charge in [-0.1, -0.05) is 44.2 Å². The molecule has 0 unspecified atom stereocenters. The first-order valence-electron chi connectivity index (χ1n) is 13.4. The molecule has 0 saturated heterocycles. The standard InChI is InChI=1S/C33H34N4O2/c1-7-39-31-17-22(4)29(19-28(31)21(2)3)32-35-30-16-12-11-15-27(30)33(38)37(32)34-20-25-18-23(5)36(24(25)6)26-13-9-8-10-14-26/h8-21H,7H2,1-6H3. The van der Waals surface area contributed by atoms with E-state index in [-0.39, 0.29) is 11.5 Å². The van der Waals surface area contributed by atoms with Crippen molar-refractivity contribution in [3.63, 3.8) is 0 Å². The number of aromatic nitrogens is 3. The minimum absolute atomic E-state index is 0.205. The third-order valence-electron chi connectivity index (χ3n) is 7.07. The Morgan fingerprint density at radius 3 is 2.41 bits per heavy atom. The Hall–Kier alpha value is -4.45. The van der Waals surface area contributed by atoms with Crippen molar-refractivity contribution in [2.75, 3.05) is 6.61 Å². The average molecular weight is 519 g/mol. The number of hydrogen-bond donors (Lipinski definition) is 0. The molecule has 0 aliphatic rings. The molecule has 0 saturated carbocycles. The van der Waals surface area contributed by atoms with Crippen molar-refractivity contribution in [1.82, 2.24) is 14.2 Å². The zero-order valence-corrected chi connectivity index (χ0v) is 23.4. The Bertz CT molecular complexity index is 1740. The Kier molecular flexibility index (Phi) is 7.20. The van der Waals surface area contributed by atoms with Crippen molar-refractivity contribution in [3.8, 4) is 22.8 Å². The fourth-order valence-corrected chi connectivity index (χ4v) is 5.09. The van der Waals surface area contributed by atoms with Crippen LogP contribution in [0.5, 0.6) is 5.75 Å². The minimum Gasteiger partial charge on any atom is -0.494 e. The third-order valence-corrected chi connectivity index (χ3v) is 7.07. The molecule has 0 amide bonds. The SMILES string of the molecule is CCOc1cc(C)c(-c2nc3ccccc3c(=O)n2N=Cc2cc(C)n(-c3ccccc3)c2C)cc1C(C)C. The molecule has 2 aromatic heterocycles. The lowest BCUT2D eigenvalue weighted by Gasteiger charge is -2.18. The summed E-state index contributed by atoms with van der Waals surface area (Å²) in [5, 5.41) is 5.29. The smallest absolute Gasteiger partial charge is 0.282 e. The number of ether oxygens (including phenoxy) is 1. The van der Waals surface area contributed by atoms with Crippen LogP contribution in [0.25, 0.3) is 28.0 Å². The van der Waals surface area contributed by atoms with E-state index in [9.17, 15) is 4.79 Å². The van der Waals surface area contributed by atoms with Gasteiger partial charge in [0.05, 0.1) is 23.7 Å². The molecular weight excluding hydrogens is 484 g/mol. The average Bonchev–Trinajstić information content (AvgIpc) is 3.21. The molecule has 5 aromatic rings. The maximum atomic E-state index is 13.8. The lowest BCUT2D eigenvalue weighted by Crippen LogP contribution is -2.21. The summed E-state index contributed by atoms with van der Waals surface area (Å²) in [4.78, 5) is 18.8. The zero-order valence-electron chi connectivity index (χ0n) is 23.4. The topological polar surface area (TPSA) is 61.4 Å². The van der Waals surface area contributed by atoms with E-state index in [1.165, 1.54) is 4.68 Å². The first-order valence-corrected chi connectivity index (χ1v) is 13.4. The Balaban J connectivity index is 1.71. The summed E-state index contributed by atoms with van der Waals surface area (Å²) in [6.07, 6.45) is 1.76. The maximum Gasteiger partial charge on any atom is 0.282 e. The molecule has 198 valence electrons. The Morgan fingerprint density at radius 1 is 0.974 bits per heavy atom. The van der Waals surface area contributed by atoms with Crippen molar-refractivity contribution in [1.29, 1.82) is 0 Å². The number of para-hydroxylation sites is 2. The highest BCUT2D eigenvalue weighted by Gasteiger charge is 2.19. The van der Waals surface area contributed by atoms with Gasteiger partial charge in [0.2, 0.25) is 0 Å². The van der Waals surface area contributed by atoms with E-state index in [0.29, 0.717) is 23.3 Å². The van der Waals surface area contributed by atoms with E-state index in [0.717, 1.165) is 45.1 Å². The second kappa shape index (κ2) is 10.7. The molecule has 6 nitrogen and oxygen atoms in total. The van der Waals surface area contributed by atoms with Crippen molar-refractivity contribution in [2.24, 2.45) is 5.10 Å². The predicted octanol–water partition coefficient (Wildman–Crippen LogP) is 7.18. The van der Waals surface area contributed by atoms with Gasteiger partial charge in [0.15, 0.2) is 5.82 Å². The van der Waals surface area contributed by atoms with Crippen molar-refractivity contribution in [3.05, 3.63) is 111 Å². The van der Waals surface area contributed by atoms with Crippen molar-refractivity contribution >= 4 is 17.1 Å². The number of fused-ring (bicyclic) bond motifs is 1. The normalized spacial score (nSPS) is 11.7. The van der Waals surface area contributed by atoms with Gasteiger partial charge < -0.3 is 9.30 Å². The molecule has 0 fully saturated rings. The first kappa shape index (κ1) is 26.2. The largest absolute Gasteiger partial charge is 0.494 e. The Labute approximate surface area is 229 Å². The number of benzene rings is 3. The molecule has 6 heteroatoms. The molecule has 5 rings (SSSR count). The van der Waals surface area contributed by atoms with Gasteiger partial charge in [-0.25, -0.2) is 4.98 Å². The zero-order chi connectivity index (χ0) is 27.7. The summed E-state index contributed by atoms with van der Waals surface area (Å²) >= 11 is 0. The quantitative estimate of drug-likeness (QED) is 0.214. The monoisotopic (exact) mass is 518 g/mol. The van der Waals surface area contributed by atoms with Crippen LogP contribution in [0.3, 0.4) is 0 Å². The van der Waals surface area contributed by atoms with E-state index >= 15 is 0 Å². The number of nitrogens with zero attached hydrogens (tertiary/aromatic N) is 4. The second-order valence-electron chi connectivity index (χ2n) is 10.1. The van der Waals surface area contributed by atoms with Crippen LogP contribution >= 0.6 is 0 Å². The molecule has 2 heterocycles. The van der Waals surface area contributed by atoms with Crippen LogP contribution in [-0.2, 0) is 0 Å². The molecule has 0 N–H and O–H groups in total. The van der Waals surface area contributed by atoms with Gasteiger partial charge in [-0.3, -0.25) is 4.79 Å². The maximum absolute atomic E-state index is 13.8. The number of aryl methyl sites for hydroxylation is 2. The summed E-state index contributed by atoms with van der Waals surface area (Å²) in [6.45, 7) is 13.0. The molecule has 0 bridgehead atoms. The summed E-state index contributed by atoms with van der Waals surface area (Å²) in [5.74, 6) is 1.60. The molecule has 0 aliphatic carbocycles. The molecule has 0 atom stereocenters. The summed E-state index contributed by atoms with van der Waals surface area (Å²) in [5.41, 5.74) is 7.50. The van der Waals surface area contributed by atoms with Crippen LogP contribution < -0.4 is 10.3 Å². The first-order chi connectivity index (χ1) is 18.8. The van der Waals surface area contributed by atoms with Crippen LogP contribution in [0.2, 0.25) is 0 Å². The van der Waals surface area contributed by atoms with Crippen molar-refractivity contribution < 1.29 is 4.74 Å². The minimum atomic E-state index is -0.205. The van der Waals surface area contributed by atoms with Crippen molar-refractivity contribution in [2.45, 2.75) is 47.5 Å². The highest BCUT2D eigenvalue weighted by atomic mass is 16.5. The molecule has 3 aromatic carbocycles. The van der Waals surface area contributed by atoms with E-state index in [1.807, 2.05) is 56.3 Å². The van der Waals surface area contributed by atoms with E-state index < -0.39 is 0 Å². The molecule has 0 radical (unpaired) electrons. The molecule has 39 heavy (non-hydrogen) atoms. The van der Waals surface area contributed by atoms with Gasteiger partial charge >= 0.3 is 0 Å². The number of hydrogen-bond acceptors (Lipinski definition) is 4. The van der Waals surface area contributed by atoms with Gasteiger partial charge in [0.1, 0.15) is 5.75 Å². The highest BCUT2D eigenvalue weighted by molar-refractivity contribution is 5.84. The van der Waals surface area contributed by atoms with E-state index in [2.05, 4.69) is 56.5 Å². The summed E-state index contributed by atoms with van der Waals surface area (Å²) in [7, 11) is 0. The third kappa shape index (κ3) is 4.90. The van der Waals surface area contributed by atoms with Crippen LogP contribution in [0, 0.1) is 20.8 Å². The molecule has 0 aliphatic heterocycles. The van der Waals surface area contributed by atoms with Gasteiger partial charge in [0, 0.05) is 28.2 Å². The predicted molar refractivity (Wildman–Crippen MR) is 160 cm³/mol.